The van der Waals surface area contributed by atoms with Crippen molar-refractivity contribution in [3.05, 3.63) is 22.1 Å². The Labute approximate surface area is 61.2 Å². The average Bonchev–Trinajstić information content (AvgIpc) is 2.10. The van der Waals surface area contributed by atoms with E-state index in [9.17, 15) is 0 Å². The fourth-order valence-electron chi connectivity index (χ4n) is 0.559. The summed E-state index contributed by atoms with van der Waals surface area (Å²) in [6, 6.07) is 3.66. The summed E-state index contributed by atoms with van der Waals surface area (Å²) in [5.74, 6) is 1.09. The number of hydrogen-bond acceptors (Lipinski definition) is 2. The standard InChI is InChI=1S/C6H4BrNO/c1-4-2-5(7)6(3-8)9-4/h2H,1H3. The minimum atomic E-state index is 0.340. The van der Waals surface area contributed by atoms with Gasteiger partial charge in [0.1, 0.15) is 11.8 Å². The van der Waals surface area contributed by atoms with Crippen molar-refractivity contribution in [1.82, 2.24) is 0 Å². The smallest absolute Gasteiger partial charge is 0.217 e. The van der Waals surface area contributed by atoms with Crippen LogP contribution in [-0.2, 0) is 0 Å². The van der Waals surface area contributed by atoms with Crippen LogP contribution < -0.4 is 0 Å². The molecule has 0 fully saturated rings. The fraction of sp³-hybridized carbons (Fsp3) is 0.167. The maximum Gasteiger partial charge on any atom is 0.217 e. The van der Waals surface area contributed by atoms with Crippen molar-refractivity contribution in [1.29, 1.82) is 5.26 Å². The van der Waals surface area contributed by atoms with Gasteiger partial charge < -0.3 is 4.42 Å². The third-order valence-electron chi connectivity index (χ3n) is 0.911. The normalized spacial score (nSPS) is 9.00. The first-order chi connectivity index (χ1) is 4.24. The fourth-order valence-corrected chi connectivity index (χ4v) is 1.05. The molecule has 0 aromatic carbocycles. The lowest BCUT2D eigenvalue weighted by Crippen LogP contribution is -1.62. The number of halogens is 1. The van der Waals surface area contributed by atoms with Crippen LogP contribution in [0.3, 0.4) is 0 Å². The molecule has 1 heterocycles. The van der Waals surface area contributed by atoms with Gasteiger partial charge in [0, 0.05) is 0 Å². The number of nitrogens with zero attached hydrogens (tertiary/aromatic N) is 1. The van der Waals surface area contributed by atoms with Crippen LogP contribution in [0.1, 0.15) is 11.5 Å². The van der Waals surface area contributed by atoms with Crippen LogP contribution in [0.5, 0.6) is 0 Å². The Balaban J connectivity index is 3.20. The van der Waals surface area contributed by atoms with E-state index in [2.05, 4.69) is 15.9 Å². The van der Waals surface area contributed by atoms with Gasteiger partial charge in [0.2, 0.25) is 5.76 Å². The van der Waals surface area contributed by atoms with Crippen molar-refractivity contribution in [3.8, 4) is 6.07 Å². The summed E-state index contributed by atoms with van der Waals surface area (Å²) in [6.45, 7) is 1.80. The molecule has 1 aromatic heterocycles. The summed E-state index contributed by atoms with van der Waals surface area (Å²) in [7, 11) is 0. The van der Waals surface area contributed by atoms with E-state index in [4.69, 9.17) is 9.68 Å². The Kier molecular flexibility index (Phi) is 1.58. The predicted molar refractivity (Wildman–Crippen MR) is 35.9 cm³/mol. The second-order valence-corrected chi connectivity index (χ2v) is 2.50. The van der Waals surface area contributed by atoms with E-state index in [0.717, 1.165) is 10.2 Å². The number of rotatable bonds is 0. The first-order valence-corrected chi connectivity index (χ1v) is 3.19. The lowest BCUT2D eigenvalue weighted by atomic mass is 10.4. The summed E-state index contributed by atoms with van der Waals surface area (Å²) < 4.78 is 5.68. The van der Waals surface area contributed by atoms with Crippen LogP contribution in [-0.4, -0.2) is 0 Å². The monoisotopic (exact) mass is 185 g/mol. The lowest BCUT2D eigenvalue weighted by Gasteiger charge is -1.76. The van der Waals surface area contributed by atoms with Crippen LogP contribution >= 0.6 is 15.9 Å². The van der Waals surface area contributed by atoms with Crippen LogP contribution in [0.25, 0.3) is 0 Å². The van der Waals surface area contributed by atoms with E-state index in [1.165, 1.54) is 0 Å². The van der Waals surface area contributed by atoms with Crippen LogP contribution in [0.15, 0.2) is 15.0 Å². The molecule has 2 nitrogen and oxygen atoms in total. The van der Waals surface area contributed by atoms with E-state index in [1.807, 2.05) is 6.07 Å². The molecule has 0 radical (unpaired) electrons. The Morgan fingerprint density at radius 2 is 2.44 bits per heavy atom. The highest BCUT2D eigenvalue weighted by atomic mass is 79.9. The van der Waals surface area contributed by atoms with Gasteiger partial charge in [0.25, 0.3) is 0 Å². The summed E-state index contributed by atoms with van der Waals surface area (Å²) in [5.41, 5.74) is 0. The second kappa shape index (κ2) is 2.24. The minimum Gasteiger partial charge on any atom is -0.450 e. The van der Waals surface area contributed by atoms with Crippen LogP contribution in [0.2, 0.25) is 0 Å². The van der Waals surface area contributed by atoms with Gasteiger partial charge in [0.05, 0.1) is 4.47 Å². The molecule has 9 heavy (non-hydrogen) atoms. The third kappa shape index (κ3) is 1.14. The lowest BCUT2D eigenvalue weighted by molar-refractivity contribution is 0.520. The number of hydrogen-bond donors (Lipinski definition) is 0. The van der Waals surface area contributed by atoms with E-state index in [0.29, 0.717) is 5.76 Å². The Bertz CT molecular complexity index is 259. The third-order valence-corrected chi connectivity index (χ3v) is 1.50. The molecule has 0 aliphatic rings. The molecule has 0 bridgehead atoms. The molecule has 0 aliphatic heterocycles. The molecule has 3 heteroatoms. The SMILES string of the molecule is Cc1cc(Br)c(C#N)o1. The van der Waals surface area contributed by atoms with Crippen molar-refractivity contribution < 1.29 is 4.42 Å². The zero-order valence-electron chi connectivity index (χ0n) is 4.81. The molecule has 0 unspecified atom stereocenters. The molecule has 1 aromatic rings. The second-order valence-electron chi connectivity index (χ2n) is 1.65. The molecule has 0 amide bonds. The highest BCUT2D eigenvalue weighted by molar-refractivity contribution is 9.10. The summed E-state index contributed by atoms with van der Waals surface area (Å²) in [4.78, 5) is 0. The van der Waals surface area contributed by atoms with Gasteiger partial charge in [-0.3, -0.25) is 0 Å². The van der Waals surface area contributed by atoms with Gasteiger partial charge in [-0.15, -0.1) is 0 Å². The van der Waals surface area contributed by atoms with Gasteiger partial charge in [-0.2, -0.15) is 5.26 Å². The van der Waals surface area contributed by atoms with Crippen molar-refractivity contribution in [2.75, 3.05) is 0 Å². The quantitative estimate of drug-likeness (QED) is 0.622. The Morgan fingerprint density at radius 1 is 1.78 bits per heavy atom. The van der Waals surface area contributed by atoms with Gasteiger partial charge in [-0.1, -0.05) is 0 Å². The van der Waals surface area contributed by atoms with E-state index in [-0.39, 0.29) is 0 Å². The summed E-state index contributed by atoms with van der Waals surface area (Å²) in [6.07, 6.45) is 0. The summed E-state index contributed by atoms with van der Waals surface area (Å²) in [5, 5.41) is 8.36. The highest BCUT2D eigenvalue weighted by Gasteiger charge is 2.02. The molecule has 0 atom stereocenters. The molecular weight excluding hydrogens is 182 g/mol. The minimum absolute atomic E-state index is 0.340. The maximum atomic E-state index is 8.36. The van der Waals surface area contributed by atoms with E-state index < -0.39 is 0 Å². The van der Waals surface area contributed by atoms with Crippen molar-refractivity contribution >= 4 is 15.9 Å². The van der Waals surface area contributed by atoms with Gasteiger partial charge in [-0.25, -0.2) is 0 Å². The Hall–Kier alpha value is -0.750. The van der Waals surface area contributed by atoms with Crippen LogP contribution in [0.4, 0.5) is 0 Å². The number of nitriles is 1. The molecule has 46 valence electrons. The van der Waals surface area contributed by atoms with Crippen molar-refractivity contribution in [2.45, 2.75) is 6.92 Å². The first-order valence-electron chi connectivity index (χ1n) is 2.40. The van der Waals surface area contributed by atoms with Crippen LogP contribution in [0, 0.1) is 18.3 Å². The van der Waals surface area contributed by atoms with Crippen molar-refractivity contribution in [2.24, 2.45) is 0 Å². The molecule has 0 aliphatic carbocycles. The molecule has 0 saturated carbocycles. The average molecular weight is 186 g/mol. The molecule has 1 rings (SSSR count). The molecule has 0 saturated heterocycles. The first kappa shape index (κ1) is 6.37. The van der Waals surface area contributed by atoms with E-state index >= 15 is 0 Å². The maximum absolute atomic E-state index is 8.36. The zero-order chi connectivity index (χ0) is 6.85. The molecule has 0 N–H and O–H groups in total. The molecular formula is C6H4BrNO. The van der Waals surface area contributed by atoms with Gasteiger partial charge in [-0.05, 0) is 28.9 Å². The Morgan fingerprint density at radius 3 is 2.67 bits per heavy atom. The van der Waals surface area contributed by atoms with E-state index in [1.54, 1.807) is 13.0 Å². The van der Waals surface area contributed by atoms with Crippen molar-refractivity contribution in [3.63, 3.8) is 0 Å². The summed E-state index contributed by atoms with van der Waals surface area (Å²) >= 11 is 3.16. The highest BCUT2D eigenvalue weighted by Crippen LogP contribution is 2.19. The van der Waals surface area contributed by atoms with Gasteiger partial charge in [0.15, 0.2) is 0 Å². The predicted octanol–water partition coefficient (Wildman–Crippen LogP) is 2.22. The largest absolute Gasteiger partial charge is 0.450 e. The molecule has 0 spiro atoms. The zero-order valence-corrected chi connectivity index (χ0v) is 6.40. The number of furan rings is 1. The number of aryl methyl sites for hydroxylation is 1. The van der Waals surface area contributed by atoms with Gasteiger partial charge >= 0.3 is 0 Å². The topological polar surface area (TPSA) is 36.9 Å².